The van der Waals surface area contributed by atoms with Gasteiger partial charge in [-0.1, -0.05) is 41.9 Å². The van der Waals surface area contributed by atoms with Crippen LogP contribution in [0.15, 0.2) is 71.8 Å². The van der Waals surface area contributed by atoms with E-state index >= 15 is 0 Å². The number of hydrogen-bond donors (Lipinski definition) is 0. The summed E-state index contributed by atoms with van der Waals surface area (Å²) < 4.78 is 46.8. The number of nitrogens with zero attached hydrogens (tertiary/aromatic N) is 3. The van der Waals surface area contributed by atoms with Crippen LogP contribution < -0.4 is 0 Å². The summed E-state index contributed by atoms with van der Waals surface area (Å²) >= 11 is 6.56. The third-order valence-electron chi connectivity index (χ3n) is 6.29. The third-order valence-corrected chi connectivity index (χ3v) is 7.43. The molecule has 0 unspecified atom stereocenters. The number of carbonyl (C=O) groups is 3. The number of thioether (sulfide) groups is 1. The highest BCUT2D eigenvalue weighted by molar-refractivity contribution is 8.18. The zero-order valence-electron chi connectivity index (χ0n) is 20.7. The molecule has 1 saturated heterocycles. The normalized spacial score (nSPS) is 14.9. The molecule has 1 aliphatic heterocycles. The number of carbonyl (C=O) groups excluding carboxylic acids is 3. The molecule has 1 aromatic heterocycles. The fourth-order valence-corrected chi connectivity index (χ4v) is 5.37. The number of imide groups is 1. The van der Waals surface area contributed by atoms with E-state index in [2.05, 4.69) is 5.10 Å². The summed E-state index contributed by atoms with van der Waals surface area (Å²) in [7, 11) is 1.25. The molecular weight excluding hydrogens is 567 g/mol. The zero-order valence-corrected chi connectivity index (χ0v) is 22.3. The average Bonchev–Trinajstić information content (AvgIpc) is 3.44. The lowest BCUT2D eigenvalue weighted by Gasteiger charge is -2.14. The smallest absolute Gasteiger partial charge is 0.416 e. The molecule has 7 nitrogen and oxygen atoms in total. The quantitative estimate of drug-likeness (QED) is 0.183. The van der Waals surface area contributed by atoms with Gasteiger partial charge in [0, 0.05) is 10.4 Å². The van der Waals surface area contributed by atoms with Gasteiger partial charge in [-0.15, -0.1) is 0 Å². The summed E-state index contributed by atoms with van der Waals surface area (Å²) in [5, 5.41) is 4.40. The van der Waals surface area contributed by atoms with Crippen LogP contribution in [0, 0.1) is 0 Å². The van der Waals surface area contributed by atoms with Crippen molar-refractivity contribution in [3.8, 4) is 0 Å². The van der Waals surface area contributed by atoms with Crippen molar-refractivity contribution in [1.82, 2.24) is 14.7 Å². The average molecular weight is 586 g/mol. The lowest BCUT2D eigenvalue weighted by Crippen LogP contribution is -2.28. The Bertz CT molecular complexity index is 1700. The van der Waals surface area contributed by atoms with Gasteiger partial charge in [-0.25, -0.2) is 4.79 Å². The Balaban J connectivity index is 1.38. The Morgan fingerprint density at radius 2 is 1.82 bits per heavy atom. The summed E-state index contributed by atoms with van der Waals surface area (Å²) in [5.74, 6) is -1.08. The molecule has 40 heavy (non-hydrogen) atoms. The van der Waals surface area contributed by atoms with Gasteiger partial charge in [0.2, 0.25) is 0 Å². The Hall–Kier alpha value is -4.09. The molecule has 12 heteroatoms. The minimum Gasteiger partial charge on any atom is -0.465 e. The number of halogens is 4. The highest BCUT2D eigenvalue weighted by Crippen LogP contribution is 2.36. The Kier molecular flexibility index (Phi) is 7.43. The van der Waals surface area contributed by atoms with Crippen LogP contribution >= 0.6 is 23.4 Å². The molecule has 3 aromatic carbocycles. The van der Waals surface area contributed by atoms with Crippen molar-refractivity contribution < 1.29 is 32.3 Å². The molecule has 2 heterocycles. The van der Waals surface area contributed by atoms with Crippen molar-refractivity contribution in [2.75, 3.05) is 7.11 Å². The molecule has 4 aromatic rings. The maximum atomic E-state index is 13.5. The molecule has 204 valence electrons. The van der Waals surface area contributed by atoms with E-state index in [9.17, 15) is 27.6 Å². The monoisotopic (exact) mass is 585 g/mol. The van der Waals surface area contributed by atoms with Crippen LogP contribution in [0.3, 0.4) is 0 Å². The van der Waals surface area contributed by atoms with Crippen LogP contribution in [0.25, 0.3) is 17.0 Å². The molecule has 0 bridgehead atoms. The highest BCUT2D eigenvalue weighted by atomic mass is 35.5. The van der Waals surface area contributed by atoms with Crippen molar-refractivity contribution in [3.05, 3.63) is 105 Å². The van der Waals surface area contributed by atoms with Crippen LogP contribution in [0.5, 0.6) is 0 Å². The highest BCUT2D eigenvalue weighted by Gasteiger charge is 2.36. The van der Waals surface area contributed by atoms with Gasteiger partial charge >= 0.3 is 12.1 Å². The number of methoxy groups -OCH3 is 1. The summed E-state index contributed by atoms with van der Waals surface area (Å²) in [6.07, 6.45) is -1.49. The lowest BCUT2D eigenvalue weighted by molar-refractivity contribution is -0.138. The molecule has 5 rings (SSSR count). The first kappa shape index (κ1) is 27.5. The van der Waals surface area contributed by atoms with Crippen LogP contribution in [0.4, 0.5) is 18.0 Å². The van der Waals surface area contributed by atoms with E-state index in [1.807, 2.05) is 0 Å². The molecule has 0 radical (unpaired) electrons. The lowest BCUT2D eigenvalue weighted by atomic mass is 10.1. The van der Waals surface area contributed by atoms with Crippen LogP contribution in [0.2, 0.25) is 5.02 Å². The molecule has 0 saturated carbocycles. The van der Waals surface area contributed by atoms with E-state index in [1.165, 1.54) is 30.1 Å². The second kappa shape index (κ2) is 10.8. The van der Waals surface area contributed by atoms with Gasteiger partial charge in [-0.2, -0.15) is 18.3 Å². The fourth-order valence-electron chi connectivity index (χ4n) is 4.36. The minimum atomic E-state index is -4.57. The first-order valence-corrected chi connectivity index (χ1v) is 13.0. The van der Waals surface area contributed by atoms with E-state index in [0.717, 1.165) is 22.7 Å². The first-order chi connectivity index (χ1) is 19.0. The van der Waals surface area contributed by atoms with E-state index in [4.69, 9.17) is 16.3 Å². The molecule has 0 atom stereocenters. The van der Waals surface area contributed by atoms with Gasteiger partial charge in [-0.05, 0) is 64.9 Å². The van der Waals surface area contributed by atoms with Crippen molar-refractivity contribution in [2.45, 2.75) is 19.3 Å². The van der Waals surface area contributed by atoms with Crippen molar-refractivity contribution >= 4 is 57.5 Å². The fraction of sp³-hybridized carbons (Fsp3) is 0.143. The number of fused-ring (bicyclic) bond motifs is 1. The molecule has 1 fully saturated rings. The number of hydrogen-bond acceptors (Lipinski definition) is 6. The number of ether oxygens (including phenoxy) is 1. The van der Waals surface area contributed by atoms with Gasteiger partial charge in [0.05, 0.1) is 47.9 Å². The van der Waals surface area contributed by atoms with Crippen LogP contribution in [-0.4, -0.2) is 38.9 Å². The molecule has 0 N–H and O–H groups in total. The van der Waals surface area contributed by atoms with Gasteiger partial charge in [0.15, 0.2) is 0 Å². The molecule has 0 aliphatic carbocycles. The molecule has 2 amide bonds. The molecule has 1 aliphatic rings. The predicted molar refractivity (Wildman–Crippen MR) is 145 cm³/mol. The third kappa shape index (κ3) is 5.47. The Labute approximate surface area is 235 Å². The van der Waals surface area contributed by atoms with Crippen LogP contribution in [-0.2, 0) is 28.8 Å². The SMILES string of the molecule is COC(=O)c1ccccc1CN1C(=O)SC(=Cc2ccc3c(cnn3Cc3ccc(Cl)cc3C(F)(F)F)c2)C1=O. The first-order valence-electron chi connectivity index (χ1n) is 11.8. The number of amides is 2. The number of rotatable bonds is 6. The summed E-state index contributed by atoms with van der Waals surface area (Å²) in [6, 6.07) is 15.3. The van der Waals surface area contributed by atoms with E-state index < -0.39 is 28.9 Å². The predicted octanol–water partition coefficient (Wildman–Crippen LogP) is 6.78. The maximum absolute atomic E-state index is 13.5. The van der Waals surface area contributed by atoms with E-state index in [1.54, 1.807) is 48.5 Å². The van der Waals surface area contributed by atoms with E-state index in [0.29, 0.717) is 22.0 Å². The van der Waals surface area contributed by atoms with Crippen molar-refractivity contribution in [1.29, 1.82) is 0 Å². The molecule has 0 spiro atoms. The topological polar surface area (TPSA) is 81.5 Å². The largest absolute Gasteiger partial charge is 0.465 e. The number of esters is 1. The summed E-state index contributed by atoms with van der Waals surface area (Å²) in [6.45, 7) is -0.218. The number of aromatic nitrogens is 2. The van der Waals surface area contributed by atoms with Crippen molar-refractivity contribution in [3.63, 3.8) is 0 Å². The van der Waals surface area contributed by atoms with Gasteiger partial charge in [0.1, 0.15) is 0 Å². The molecular formula is C28H19ClF3N3O4S. The number of alkyl halides is 3. The zero-order chi connectivity index (χ0) is 28.6. The van der Waals surface area contributed by atoms with Gasteiger partial charge in [-0.3, -0.25) is 19.2 Å². The minimum absolute atomic E-state index is 0.0110. The second-order valence-electron chi connectivity index (χ2n) is 8.84. The second-order valence-corrected chi connectivity index (χ2v) is 10.3. The van der Waals surface area contributed by atoms with Gasteiger partial charge < -0.3 is 4.74 Å². The maximum Gasteiger partial charge on any atom is 0.416 e. The Morgan fingerprint density at radius 1 is 1.05 bits per heavy atom. The summed E-state index contributed by atoms with van der Waals surface area (Å²) in [4.78, 5) is 39.0. The standard InChI is InChI=1S/C28H19ClF3N3O4S/c1-39-26(37)21-5-3-2-4-17(21)14-34-25(36)24(40-27(34)38)11-16-6-9-23-19(10-16)13-33-35(23)15-18-7-8-20(29)12-22(18)28(30,31)32/h2-13H,14-15H2,1H3. The number of benzene rings is 3. The van der Waals surface area contributed by atoms with Gasteiger partial charge in [0.25, 0.3) is 11.1 Å². The van der Waals surface area contributed by atoms with E-state index in [-0.39, 0.29) is 34.1 Å². The Morgan fingerprint density at radius 3 is 2.58 bits per heavy atom. The van der Waals surface area contributed by atoms with Crippen molar-refractivity contribution in [2.24, 2.45) is 0 Å². The van der Waals surface area contributed by atoms with Crippen LogP contribution in [0.1, 0.15) is 32.6 Å². The summed E-state index contributed by atoms with van der Waals surface area (Å²) in [5.41, 5.74) is 1.12.